The quantitative estimate of drug-likeness (QED) is 0.306. The molecule has 1 aromatic carbocycles. The Morgan fingerprint density at radius 3 is 2.68 bits per heavy atom. The molecule has 3 N–H and O–H groups in total. The first-order valence-corrected chi connectivity index (χ1v) is 13.5. The molecule has 2 aliphatic rings. The fourth-order valence-corrected chi connectivity index (χ4v) is 5.48. The number of nitrogens with zero attached hydrogens (tertiary/aromatic N) is 7. The minimum atomic E-state index is -1.24. The molecule has 7 rings (SSSR count). The van der Waals surface area contributed by atoms with Crippen molar-refractivity contribution in [3.63, 3.8) is 0 Å². The van der Waals surface area contributed by atoms with Gasteiger partial charge in [-0.05, 0) is 18.2 Å². The molecule has 4 aromatic heterocycles. The van der Waals surface area contributed by atoms with E-state index in [1.54, 1.807) is 23.2 Å². The van der Waals surface area contributed by atoms with E-state index in [-0.39, 0.29) is 30.5 Å². The van der Waals surface area contributed by atoms with Crippen LogP contribution < -0.4 is 20.7 Å². The highest BCUT2D eigenvalue weighted by molar-refractivity contribution is 5.90. The molecule has 0 unspecified atom stereocenters. The molecule has 5 aromatic rings. The fourth-order valence-electron chi connectivity index (χ4n) is 5.48. The van der Waals surface area contributed by atoms with Gasteiger partial charge >= 0.3 is 0 Å². The molecule has 0 amide bonds. The highest BCUT2D eigenvalue weighted by Crippen LogP contribution is 2.31. The third-order valence-corrected chi connectivity index (χ3v) is 7.71. The number of imidazole rings is 1. The maximum atomic E-state index is 14.7. The van der Waals surface area contributed by atoms with Gasteiger partial charge in [-0.25, -0.2) is 18.2 Å². The van der Waals surface area contributed by atoms with E-state index in [1.807, 2.05) is 21.6 Å². The zero-order valence-corrected chi connectivity index (χ0v) is 22.0. The van der Waals surface area contributed by atoms with Gasteiger partial charge in [0.15, 0.2) is 29.1 Å². The molecule has 14 heteroatoms. The molecule has 0 spiro atoms. The molecule has 6 heterocycles. The van der Waals surface area contributed by atoms with Crippen molar-refractivity contribution in [1.29, 1.82) is 0 Å². The maximum Gasteiger partial charge on any atom is 0.223 e. The second-order valence-electron chi connectivity index (χ2n) is 10.3. The van der Waals surface area contributed by atoms with Gasteiger partial charge in [0.1, 0.15) is 28.6 Å². The predicted octanol–water partition coefficient (Wildman–Crippen LogP) is 2.71. The number of anilines is 2. The molecule has 11 nitrogen and oxygen atoms in total. The van der Waals surface area contributed by atoms with E-state index in [0.717, 1.165) is 18.1 Å². The van der Waals surface area contributed by atoms with E-state index in [4.69, 9.17) is 14.9 Å². The Balaban J connectivity index is 1.02. The fraction of sp³-hybridized carbons (Fsp3) is 0.370. The number of furan rings is 1. The summed E-state index contributed by atoms with van der Waals surface area (Å²) in [6, 6.07) is 7.65. The Labute approximate surface area is 232 Å². The van der Waals surface area contributed by atoms with Crippen LogP contribution in [0.3, 0.4) is 0 Å². The van der Waals surface area contributed by atoms with Crippen LogP contribution in [-0.4, -0.2) is 87.1 Å². The number of piperazine rings is 1. The Kier molecular flexibility index (Phi) is 6.43. The van der Waals surface area contributed by atoms with Crippen molar-refractivity contribution in [1.82, 2.24) is 34.4 Å². The summed E-state index contributed by atoms with van der Waals surface area (Å²) in [5, 5.41) is 7.38. The average Bonchev–Trinajstić information content (AvgIpc) is 3.77. The summed E-state index contributed by atoms with van der Waals surface area (Å²) < 4.78 is 57.6. The van der Waals surface area contributed by atoms with Crippen LogP contribution in [0.1, 0.15) is 0 Å². The van der Waals surface area contributed by atoms with E-state index < -0.39 is 23.9 Å². The van der Waals surface area contributed by atoms with Crippen molar-refractivity contribution < 1.29 is 22.3 Å². The molecule has 0 radical (unpaired) electrons. The minimum Gasteiger partial charge on any atom is -0.483 e. The molecule has 2 fully saturated rings. The SMILES string of the molecule is Nc1nc2c(ncn2CCN2CCN(c3cc(O[C@@H]4CNC[C@@H]4F)c(F)cc3F)CC2)c2cc(-c3ccco3)nn12. The summed E-state index contributed by atoms with van der Waals surface area (Å²) in [5.74, 6) is -0.765. The molecule has 0 bridgehead atoms. The number of fused-ring (bicyclic) bond motifs is 3. The lowest BCUT2D eigenvalue weighted by molar-refractivity contribution is 0.134. The molecule has 2 aliphatic heterocycles. The van der Waals surface area contributed by atoms with E-state index in [0.29, 0.717) is 55.3 Å². The number of benzene rings is 1. The second kappa shape index (κ2) is 10.3. The van der Waals surface area contributed by atoms with Crippen molar-refractivity contribution in [2.45, 2.75) is 18.8 Å². The molecule has 0 saturated carbocycles. The largest absolute Gasteiger partial charge is 0.483 e. The van der Waals surface area contributed by atoms with Gasteiger partial charge in [-0.1, -0.05) is 0 Å². The number of hydrogen-bond donors (Lipinski definition) is 2. The second-order valence-corrected chi connectivity index (χ2v) is 10.3. The molecule has 2 saturated heterocycles. The molecule has 214 valence electrons. The maximum absolute atomic E-state index is 14.7. The smallest absolute Gasteiger partial charge is 0.223 e. The van der Waals surface area contributed by atoms with E-state index in [2.05, 4.69) is 25.3 Å². The summed E-state index contributed by atoms with van der Waals surface area (Å²) in [4.78, 5) is 13.2. The molecule has 41 heavy (non-hydrogen) atoms. The third-order valence-electron chi connectivity index (χ3n) is 7.71. The summed E-state index contributed by atoms with van der Waals surface area (Å²) >= 11 is 0. The normalized spacial score (nSPS) is 20.0. The van der Waals surface area contributed by atoms with Gasteiger partial charge in [0, 0.05) is 64.5 Å². The van der Waals surface area contributed by atoms with Crippen LogP contribution in [0.4, 0.5) is 24.8 Å². The summed E-state index contributed by atoms with van der Waals surface area (Å²) in [6.07, 6.45) is 1.29. The lowest BCUT2D eigenvalue weighted by atomic mass is 10.2. The van der Waals surface area contributed by atoms with Crippen LogP contribution in [0.25, 0.3) is 28.1 Å². The van der Waals surface area contributed by atoms with Gasteiger partial charge in [0.25, 0.3) is 0 Å². The van der Waals surface area contributed by atoms with Gasteiger partial charge in [-0.15, -0.1) is 0 Å². The third kappa shape index (κ3) is 4.72. The number of ether oxygens (including phenoxy) is 1. The zero-order chi connectivity index (χ0) is 28.1. The number of nitrogens with one attached hydrogen (secondary N) is 1. The standard InChI is InChI=1S/C27H28F3N9O2/c28-16-10-17(29)23(41-24-14-32-13-18(24)30)12-20(16)37-6-3-36(4-7-37)5-8-38-15-33-25-21-11-19(22-2-1-9-40-22)35-39(21)27(31)34-26(25)38/h1-2,9-12,15,18,24,32H,3-8,13-14H2,(H2,31,34)/t18-,24+/m0/s1. The number of hydrogen-bond acceptors (Lipinski definition) is 9. The zero-order valence-electron chi connectivity index (χ0n) is 22.0. The lowest BCUT2D eigenvalue weighted by Gasteiger charge is -2.36. The van der Waals surface area contributed by atoms with Gasteiger partial charge in [0.2, 0.25) is 5.95 Å². The number of nitrogens with two attached hydrogens (primary N) is 1. The number of halogens is 3. The van der Waals surface area contributed by atoms with Crippen LogP contribution in [0.2, 0.25) is 0 Å². The topological polar surface area (TPSA) is 115 Å². The van der Waals surface area contributed by atoms with E-state index in [9.17, 15) is 13.2 Å². The Morgan fingerprint density at radius 1 is 1.07 bits per heavy atom. The lowest BCUT2D eigenvalue weighted by Crippen LogP contribution is -2.47. The minimum absolute atomic E-state index is 0.137. The first-order valence-electron chi connectivity index (χ1n) is 13.5. The first kappa shape index (κ1) is 25.7. The summed E-state index contributed by atoms with van der Waals surface area (Å²) in [5.41, 5.74) is 9.21. The predicted molar refractivity (Wildman–Crippen MR) is 146 cm³/mol. The van der Waals surface area contributed by atoms with Crippen LogP contribution >= 0.6 is 0 Å². The van der Waals surface area contributed by atoms with Crippen molar-refractivity contribution in [3.8, 4) is 17.2 Å². The monoisotopic (exact) mass is 567 g/mol. The number of aromatic nitrogens is 5. The Morgan fingerprint density at radius 2 is 1.93 bits per heavy atom. The Hall–Kier alpha value is -4.30. The molecule has 2 atom stereocenters. The van der Waals surface area contributed by atoms with Crippen LogP contribution in [0.15, 0.2) is 47.3 Å². The van der Waals surface area contributed by atoms with Crippen molar-refractivity contribution in [2.75, 3.05) is 56.4 Å². The number of rotatable bonds is 7. The van der Waals surface area contributed by atoms with E-state index >= 15 is 0 Å². The van der Waals surface area contributed by atoms with E-state index in [1.165, 1.54) is 6.07 Å². The van der Waals surface area contributed by atoms with Crippen molar-refractivity contribution in [3.05, 3.63) is 54.6 Å². The van der Waals surface area contributed by atoms with Gasteiger partial charge < -0.3 is 29.7 Å². The molecular formula is C27H28F3N9O2. The molecular weight excluding hydrogens is 539 g/mol. The van der Waals surface area contributed by atoms with Crippen molar-refractivity contribution >= 4 is 28.3 Å². The highest BCUT2D eigenvalue weighted by Gasteiger charge is 2.30. The average molecular weight is 568 g/mol. The Bertz CT molecular complexity index is 1700. The van der Waals surface area contributed by atoms with Gasteiger partial charge in [0.05, 0.1) is 18.3 Å². The van der Waals surface area contributed by atoms with Crippen LogP contribution in [0, 0.1) is 11.6 Å². The summed E-state index contributed by atoms with van der Waals surface area (Å²) in [7, 11) is 0. The van der Waals surface area contributed by atoms with Crippen LogP contribution in [-0.2, 0) is 6.54 Å². The van der Waals surface area contributed by atoms with Gasteiger partial charge in [-0.3, -0.25) is 4.90 Å². The number of nitrogen functional groups attached to an aromatic ring is 1. The van der Waals surface area contributed by atoms with Crippen molar-refractivity contribution in [2.24, 2.45) is 0 Å². The number of alkyl halides is 1. The highest BCUT2D eigenvalue weighted by atomic mass is 19.1. The van der Waals surface area contributed by atoms with Crippen LogP contribution in [0.5, 0.6) is 5.75 Å². The van der Waals surface area contributed by atoms with Gasteiger partial charge in [-0.2, -0.15) is 14.6 Å². The molecule has 0 aliphatic carbocycles. The summed E-state index contributed by atoms with van der Waals surface area (Å²) in [6.45, 7) is 4.21. The first-order chi connectivity index (χ1) is 19.9.